The molecule has 1 aromatic rings. The Hall–Kier alpha value is -1.74. The van der Waals surface area contributed by atoms with Crippen molar-refractivity contribution in [3.8, 4) is 11.8 Å². The summed E-state index contributed by atoms with van der Waals surface area (Å²) in [6.45, 7) is 7.60. The van der Waals surface area contributed by atoms with E-state index in [1.54, 1.807) is 17.0 Å². The van der Waals surface area contributed by atoms with Crippen molar-refractivity contribution >= 4 is 17.7 Å². The van der Waals surface area contributed by atoms with Crippen molar-refractivity contribution in [2.75, 3.05) is 19.6 Å². The lowest BCUT2D eigenvalue weighted by Crippen LogP contribution is -2.56. The van der Waals surface area contributed by atoms with Crippen LogP contribution in [0.15, 0.2) is 24.3 Å². The second-order valence-corrected chi connectivity index (χ2v) is 8.62. The molecule has 2 saturated heterocycles. The third-order valence-electron chi connectivity index (χ3n) is 4.96. The molecular weight excluding hydrogens is 364 g/mol. The Morgan fingerprint density at radius 3 is 2.81 bits per heavy atom. The van der Waals surface area contributed by atoms with Crippen molar-refractivity contribution in [1.29, 1.82) is 0 Å². The molecule has 6 heteroatoms. The molecule has 1 amide bonds. The molecule has 0 bridgehead atoms. The number of benzene rings is 1. The second kappa shape index (κ2) is 8.10. The van der Waals surface area contributed by atoms with Gasteiger partial charge in [-0.05, 0) is 51.8 Å². The first kappa shape index (κ1) is 20.0. The van der Waals surface area contributed by atoms with Crippen molar-refractivity contribution in [2.45, 2.75) is 57.4 Å². The van der Waals surface area contributed by atoms with Crippen LogP contribution in [0.25, 0.3) is 0 Å². The van der Waals surface area contributed by atoms with Crippen molar-refractivity contribution in [2.24, 2.45) is 0 Å². The quantitative estimate of drug-likeness (QED) is 0.748. The Morgan fingerprint density at radius 1 is 1.33 bits per heavy atom. The van der Waals surface area contributed by atoms with Crippen molar-refractivity contribution in [1.82, 2.24) is 9.80 Å². The van der Waals surface area contributed by atoms with Gasteiger partial charge in [-0.3, -0.25) is 4.90 Å². The number of fused-ring (bicyclic) bond motifs is 1. The summed E-state index contributed by atoms with van der Waals surface area (Å²) in [5.41, 5.74) is 0.310. The lowest BCUT2D eigenvalue weighted by molar-refractivity contribution is -0.00173. The van der Waals surface area contributed by atoms with E-state index in [0.717, 1.165) is 24.9 Å². The highest BCUT2D eigenvalue weighted by Gasteiger charge is 2.41. The van der Waals surface area contributed by atoms with Crippen LogP contribution in [0.3, 0.4) is 0 Å². The third kappa shape index (κ3) is 5.16. The van der Waals surface area contributed by atoms with Crippen LogP contribution in [0.1, 0.15) is 39.2 Å². The number of hydrogen-bond acceptors (Lipinski definition) is 4. The number of amides is 1. The van der Waals surface area contributed by atoms with Crippen LogP contribution in [0.5, 0.6) is 0 Å². The Balaban J connectivity index is 1.60. The van der Waals surface area contributed by atoms with E-state index in [1.165, 1.54) is 0 Å². The summed E-state index contributed by atoms with van der Waals surface area (Å²) < 4.78 is 5.48. The lowest BCUT2D eigenvalue weighted by Gasteiger charge is -2.40. The van der Waals surface area contributed by atoms with Crippen LogP contribution in [-0.2, 0) is 4.74 Å². The molecule has 0 saturated carbocycles. The van der Waals surface area contributed by atoms with E-state index >= 15 is 0 Å². The zero-order valence-electron chi connectivity index (χ0n) is 16.1. The normalized spacial score (nSPS) is 24.0. The van der Waals surface area contributed by atoms with Gasteiger partial charge in [-0.2, -0.15) is 0 Å². The number of carbonyl (C=O) groups excluding carboxylic acids is 1. The molecule has 1 unspecified atom stereocenters. The molecule has 3 atom stereocenters. The summed E-state index contributed by atoms with van der Waals surface area (Å²) in [7, 11) is 0. The molecule has 27 heavy (non-hydrogen) atoms. The zero-order valence-corrected chi connectivity index (χ0v) is 16.9. The van der Waals surface area contributed by atoms with Crippen LogP contribution in [0, 0.1) is 11.8 Å². The lowest BCUT2D eigenvalue weighted by atomic mass is 10.1. The first-order valence-corrected chi connectivity index (χ1v) is 9.79. The van der Waals surface area contributed by atoms with Gasteiger partial charge < -0.3 is 14.7 Å². The van der Waals surface area contributed by atoms with E-state index in [-0.39, 0.29) is 18.2 Å². The summed E-state index contributed by atoms with van der Waals surface area (Å²) >= 11 is 5.98. The molecular formula is C21H27ClN2O3. The van der Waals surface area contributed by atoms with Gasteiger partial charge in [0.2, 0.25) is 0 Å². The fourth-order valence-electron chi connectivity index (χ4n) is 3.74. The molecule has 2 aliphatic rings. The van der Waals surface area contributed by atoms with Gasteiger partial charge in [0, 0.05) is 42.3 Å². The Morgan fingerprint density at radius 2 is 2.11 bits per heavy atom. The fraction of sp³-hybridized carbons (Fsp3) is 0.571. The number of ether oxygens (including phenoxy) is 1. The van der Waals surface area contributed by atoms with Crippen LogP contribution < -0.4 is 0 Å². The number of hydrogen-bond donors (Lipinski definition) is 1. The molecule has 0 aliphatic carbocycles. The summed E-state index contributed by atoms with van der Waals surface area (Å²) in [6, 6.07) is 7.57. The molecule has 1 N–H and O–H groups in total. The molecule has 146 valence electrons. The van der Waals surface area contributed by atoms with Crippen molar-refractivity contribution in [3.05, 3.63) is 34.9 Å². The number of aliphatic hydroxyl groups excluding tert-OH is 1. The Bertz CT molecular complexity index is 750. The van der Waals surface area contributed by atoms with Gasteiger partial charge in [0.1, 0.15) is 11.7 Å². The number of rotatable bonds is 1. The minimum Gasteiger partial charge on any atom is -0.444 e. The summed E-state index contributed by atoms with van der Waals surface area (Å²) in [6.07, 6.45) is 0.840. The highest BCUT2D eigenvalue weighted by molar-refractivity contribution is 6.30. The number of nitrogens with zero attached hydrogens (tertiary/aromatic N) is 2. The minimum atomic E-state index is -0.720. The highest BCUT2D eigenvalue weighted by atomic mass is 35.5. The Labute approximate surface area is 166 Å². The van der Waals surface area contributed by atoms with Crippen molar-refractivity contribution < 1.29 is 14.6 Å². The van der Waals surface area contributed by atoms with Gasteiger partial charge in [-0.1, -0.05) is 29.5 Å². The third-order valence-corrected chi connectivity index (χ3v) is 5.19. The predicted octanol–water partition coefficient (Wildman–Crippen LogP) is 3.14. The van der Waals surface area contributed by atoms with Gasteiger partial charge in [0.05, 0.1) is 0 Å². The molecule has 1 aromatic carbocycles. The van der Waals surface area contributed by atoms with E-state index < -0.39 is 11.7 Å². The van der Waals surface area contributed by atoms with Gasteiger partial charge >= 0.3 is 6.09 Å². The topological polar surface area (TPSA) is 53.0 Å². The first-order valence-electron chi connectivity index (χ1n) is 9.42. The molecule has 5 nitrogen and oxygen atoms in total. The van der Waals surface area contributed by atoms with E-state index in [4.69, 9.17) is 16.3 Å². The fourth-order valence-corrected chi connectivity index (χ4v) is 3.93. The monoisotopic (exact) mass is 390 g/mol. The number of piperazine rings is 1. The summed E-state index contributed by atoms with van der Waals surface area (Å²) in [4.78, 5) is 16.4. The average molecular weight is 391 g/mol. The molecule has 2 heterocycles. The Kier molecular flexibility index (Phi) is 6.00. The van der Waals surface area contributed by atoms with E-state index in [1.807, 2.05) is 32.9 Å². The molecule has 3 rings (SSSR count). The average Bonchev–Trinajstić information content (AvgIpc) is 3.01. The number of aliphatic hydroxyl groups is 1. The number of carbonyl (C=O) groups is 1. The van der Waals surface area contributed by atoms with E-state index in [0.29, 0.717) is 18.1 Å². The van der Waals surface area contributed by atoms with Gasteiger partial charge in [0.15, 0.2) is 0 Å². The first-order chi connectivity index (χ1) is 12.7. The van der Waals surface area contributed by atoms with Gasteiger partial charge in [-0.25, -0.2) is 4.79 Å². The maximum absolute atomic E-state index is 12.3. The highest BCUT2D eigenvalue weighted by Crippen LogP contribution is 2.30. The SMILES string of the molecule is CC(C)(C)OC(=O)N1CCN2[C@@H](CC[C@@H]2C(O)C#Cc2cccc(Cl)c2)C1. The van der Waals surface area contributed by atoms with Gasteiger partial charge in [0.25, 0.3) is 0 Å². The standard InChI is InChI=1S/C21H27ClN2O3/c1-21(2,3)27-20(26)23-11-12-24-17(14-23)8-9-18(24)19(25)10-7-15-5-4-6-16(22)13-15/h4-6,13,17-19,25H,8-9,11-12,14H2,1-3H3/t17-,18+,19?/m0/s1. The maximum atomic E-state index is 12.3. The molecule has 2 aliphatic heterocycles. The van der Waals surface area contributed by atoms with Crippen LogP contribution >= 0.6 is 11.6 Å². The molecule has 2 fully saturated rings. The summed E-state index contributed by atoms with van der Waals surface area (Å²) in [5.74, 6) is 5.98. The molecule has 0 aromatic heterocycles. The van der Waals surface area contributed by atoms with Crippen LogP contribution in [0.4, 0.5) is 4.79 Å². The maximum Gasteiger partial charge on any atom is 0.410 e. The largest absolute Gasteiger partial charge is 0.444 e. The van der Waals surface area contributed by atoms with E-state index in [9.17, 15) is 9.90 Å². The molecule has 0 spiro atoms. The second-order valence-electron chi connectivity index (χ2n) is 8.19. The predicted molar refractivity (Wildman–Crippen MR) is 106 cm³/mol. The smallest absolute Gasteiger partial charge is 0.410 e. The summed E-state index contributed by atoms with van der Waals surface area (Å²) in [5, 5.41) is 11.2. The van der Waals surface area contributed by atoms with E-state index in [2.05, 4.69) is 16.7 Å². The zero-order chi connectivity index (χ0) is 19.6. The van der Waals surface area contributed by atoms with Gasteiger partial charge in [-0.15, -0.1) is 0 Å². The van der Waals surface area contributed by atoms with Crippen LogP contribution in [-0.4, -0.2) is 64.4 Å². The van der Waals surface area contributed by atoms with Crippen molar-refractivity contribution in [3.63, 3.8) is 0 Å². The van der Waals surface area contributed by atoms with Crippen LogP contribution in [0.2, 0.25) is 5.02 Å². The minimum absolute atomic E-state index is 0.00229. The number of halogens is 1. The molecule has 0 radical (unpaired) electrons.